The molecule has 0 saturated carbocycles. The highest BCUT2D eigenvalue weighted by molar-refractivity contribution is 14.1. The first-order valence-electron chi connectivity index (χ1n) is 7.86. The quantitative estimate of drug-likeness (QED) is 0.454. The number of halogens is 1. The third kappa shape index (κ3) is 2.94. The Labute approximate surface area is 155 Å². The third-order valence-corrected chi connectivity index (χ3v) is 12.6. The second-order valence-corrected chi connectivity index (χ2v) is 14.6. The highest BCUT2D eigenvalue weighted by Crippen LogP contribution is 2.51. The summed E-state index contributed by atoms with van der Waals surface area (Å²) in [4.78, 5) is 26.6. The highest BCUT2D eigenvalue weighted by Gasteiger charge is 2.61. The van der Waals surface area contributed by atoms with Crippen molar-refractivity contribution in [2.45, 2.75) is 62.9 Å². The number of ether oxygens (including phenoxy) is 1. The topological polar surface area (TPSA) is 105 Å². The van der Waals surface area contributed by atoms with E-state index in [-0.39, 0.29) is 18.1 Å². The van der Waals surface area contributed by atoms with Crippen molar-refractivity contribution in [2.24, 2.45) is 0 Å². The van der Waals surface area contributed by atoms with Gasteiger partial charge in [-0.25, -0.2) is 4.79 Å². The molecule has 1 saturated heterocycles. The Morgan fingerprint density at radius 1 is 1.46 bits per heavy atom. The summed E-state index contributed by atoms with van der Waals surface area (Å²) in [5.74, 6) is 0. The minimum atomic E-state index is -2.39. The van der Waals surface area contributed by atoms with Gasteiger partial charge in [-0.15, -0.1) is 0 Å². The first-order valence-corrected chi connectivity index (χ1v) is 11.9. The monoisotopic (exact) mass is 468 g/mol. The second-order valence-electron chi connectivity index (χ2n) is 7.88. The van der Waals surface area contributed by atoms with Crippen LogP contribution >= 0.6 is 22.6 Å². The van der Waals surface area contributed by atoms with E-state index < -0.39 is 36.9 Å². The Kier molecular flexibility index (Phi) is 5.24. The van der Waals surface area contributed by atoms with E-state index >= 15 is 0 Å². The maximum Gasteiger partial charge on any atom is 0.330 e. The van der Waals surface area contributed by atoms with E-state index in [1.54, 1.807) is 0 Å². The molecule has 3 N–H and O–H groups in total. The lowest BCUT2D eigenvalue weighted by atomic mass is 10.2. The molecule has 24 heavy (non-hydrogen) atoms. The average Bonchev–Trinajstić information content (AvgIpc) is 2.80. The first kappa shape index (κ1) is 19.8. The molecular formula is C15H25IN2O5Si. The van der Waals surface area contributed by atoms with Gasteiger partial charge < -0.3 is 14.9 Å². The van der Waals surface area contributed by atoms with Crippen LogP contribution in [0.4, 0.5) is 0 Å². The molecule has 0 amide bonds. The van der Waals surface area contributed by atoms with Crippen LogP contribution in [0.5, 0.6) is 0 Å². The number of aromatic nitrogens is 2. The number of aromatic amines is 1. The zero-order valence-corrected chi connectivity index (χ0v) is 17.7. The van der Waals surface area contributed by atoms with E-state index in [1.807, 2.05) is 22.6 Å². The average molecular weight is 468 g/mol. The van der Waals surface area contributed by atoms with Crippen LogP contribution in [-0.4, -0.2) is 46.7 Å². The molecule has 2 rings (SSSR count). The minimum absolute atomic E-state index is 0.155. The number of nitrogens with zero attached hydrogens (tertiary/aromatic N) is 1. The molecule has 9 heteroatoms. The molecule has 3 atom stereocenters. The van der Waals surface area contributed by atoms with Crippen LogP contribution in [0, 0.1) is 3.57 Å². The lowest BCUT2D eigenvalue weighted by molar-refractivity contribution is -0.0778. The summed E-state index contributed by atoms with van der Waals surface area (Å²) in [6.07, 6.45) is 0.0713. The van der Waals surface area contributed by atoms with Gasteiger partial charge in [-0.1, -0.05) is 33.9 Å². The van der Waals surface area contributed by atoms with Crippen molar-refractivity contribution in [3.05, 3.63) is 30.6 Å². The summed E-state index contributed by atoms with van der Waals surface area (Å²) < 4.78 is 7.96. The van der Waals surface area contributed by atoms with Crippen LogP contribution in [0.15, 0.2) is 15.8 Å². The van der Waals surface area contributed by atoms with Crippen LogP contribution in [0.1, 0.15) is 27.2 Å². The van der Waals surface area contributed by atoms with E-state index in [4.69, 9.17) is 4.74 Å². The van der Waals surface area contributed by atoms with Gasteiger partial charge in [0.25, 0.3) is 5.56 Å². The summed E-state index contributed by atoms with van der Waals surface area (Å²) in [5.41, 5.74) is -1.00. The van der Waals surface area contributed by atoms with Crippen molar-refractivity contribution in [1.29, 1.82) is 0 Å². The van der Waals surface area contributed by atoms with Crippen molar-refractivity contribution in [3.8, 4) is 0 Å². The summed E-state index contributed by atoms with van der Waals surface area (Å²) in [6, 6.07) is 0. The zero-order chi connectivity index (χ0) is 18.5. The summed E-state index contributed by atoms with van der Waals surface area (Å²) in [7, 11) is -2.39. The molecule has 0 aliphatic carbocycles. The van der Waals surface area contributed by atoms with Gasteiger partial charge in [0.1, 0.15) is 19.5 Å². The highest BCUT2D eigenvalue weighted by atomic mass is 127. The van der Waals surface area contributed by atoms with E-state index in [2.05, 4.69) is 38.8 Å². The largest absolute Gasteiger partial charge is 0.394 e. The van der Waals surface area contributed by atoms with Crippen molar-refractivity contribution >= 4 is 30.7 Å². The normalized spacial score (nSPS) is 28.3. The first-order chi connectivity index (χ1) is 10.9. The fraction of sp³-hybridized carbons (Fsp3) is 0.733. The Hall–Kier alpha value is -0.493. The summed E-state index contributed by atoms with van der Waals surface area (Å²) >= 11 is 1.87. The van der Waals surface area contributed by atoms with E-state index in [9.17, 15) is 19.8 Å². The van der Waals surface area contributed by atoms with Crippen molar-refractivity contribution < 1.29 is 14.9 Å². The van der Waals surface area contributed by atoms with Gasteiger partial charge in [-0.3, -0.25) is 14.3 Å². The molecule has 0 unspecified atom stereocenters. The van der Waals surface area contributed by atoms with Gasteiger partial charge in [-0.05, 0) is 27.6 Å². The standard InChI is InChI=1S/C15H25IN2O5Si/c1-14(2,3)24(4,5)15(6-10(20)11(8-19)23-15)18-7-9(16)12(21)17-13(18)22/h7,10-11,19-20H,6,8H2,1-5H3,(H,17,21,22)/t10-,11+,15-/m0/s1. The SMILES string of the molecule is CC(C)(C)[Si](C)(C)[C@]1(n2cc(I)c(=O)[nH]c2=O)C[C@H](O)[C@@H](CO)O1. The van der Waals surface area contributed by atoms with E-state index in [1.165, 1.54) is 10.8 Å². The molecule has 1 aliphatic rings. The predicted molar refractivity (Wildman–Crippen MR) is 102 cm³/mol. The fourth-order valence-electron chi connectivity index (χ4n) is 3.11. The Morgan fingerprint density at radius 3 is 2.50 bits per heavy atom. The molecule has 0 bridgehead atoms. The van der Waals surface area contributed by atoms with Crippen molar-refractivity contribution in [3.63, 3.8) is 0 Å². The smallest absolute Gasteiger partial charge is 0.330 e. The molecule has 1 fully saturated rings. The molecule has 1 aliphatic heterocycles. The van der Waals surface area contributed by atoms with Crippen LogP contribution in [0.25, 0.3) is 0 Å². The van der Waals surface area contributed by atoms with Crippen molar-refractivity contribution in [1.82, 2.24) is 9.55 Å². The van der Waals surface area contributed by atoms with Crippen LogP contribution in [0.3, 0.4) is 0 Å². The summed E-state index contributed by atoms with van der Waals surface area (Å²) in [5, 5.41) is 18.7. The lowest BCUT2D eigenvalue weighted by Crippen LogP contribution is -2.64. The van der Waals surface area contributed by atoms with Gasteiger partial charge in [0.2, 0.25) is 0 Å². The molecule has 7 nitrogen and oxygen atoms in total. The van der Waals surface area contributed by atoms with Gasteiger partial charge in [0, 0.05) is 12.6 Å². The summed E-state index contributed by atoms with van der Waals surface area (Å²) in [6.45, 7) is 10.1. The Morgan fingerprint density at radius 2 is 2.04 bits per heavy atom. The van der Waals surface area contributed by atoms with Crippen LogP contribution in [0.2, 0.25) is 18.1 Å². The molecule has 1 aromatic heterocycles. The van der Waals surface area contributed by atoms with Crippen molar-refractivity contribution in [2.75, 3.05) is 6.61 Å². The fourth-order valence-corrected chi connectivity index (χ4v) is 6.63. The molecular weight excluding hydrogens is 443 g/mol. The van der Waals surface area contributed by atoms with E-state index in [0.29, 0.717) is 3.57 Å². The second kappa shape index (κ2) is 6.34. The molecule has 136 valence electrons. The van der Waals surface area contributed by atoms with E-state index in [0.717, 1.165) is 0 Å². The van der Waals surface area contributed by atoms with Gasteiger partial charge in [-0.2, -0.15) is 0 Å². The van der Waals surface area contributed by atoms with Gasteiger partial charge in [0.05, 0.1) is 16.3 Å². The molecule has 2 heterocycles. The number of aliphatic hydroxyl groups is 2. The van der Waals surface area contributed by atoms with Gasteiger partial charge in [0.15, 0.2) is 0 Å². The molecule has 0 spiro atoms. The Bertz CT molecular complexity index is 739. The molecule has 1 aromatic rings. The molecule has 0 aromatic carbocycles. The van der Waals surface area contributed by atoms with Crippen LogP contribution < -0.4 is 11.2 Å². The number of hydrogen-bond acceptors (Lipinski definition) is 5. The predicted octanol–water partition coefficient (Wildman–Crippen LogP) is 0.984. The number of nitrogens with one attached hydrogen (secondary N) is 1. The number of H-pyrrole nitrogens is 1. The van der Waals surface area contributed by atoms with Gasteiger partial charge >= 0.3 is 5.69 Å². The Balaban J connectivity index is 2.78. The number of hydrogen-bond donors (Lipinski definition) is 3. The lowest BCUT2D eigenvalue weighted by Gasteiger charge is -2.50. The third-order valence-electron chi connectivity index (χ3n) is 5.58. The zero-order valence-electron chi connectivity index (χ0n) is 14.6. The maximum absolute atomic E-state index is 12.6. The molecule has 0 radical (unpaired) electrons. The number of rotatable bonds is 3. The van der Waals surface area contributed by atoms with Crippen LogP contribution in [-0.2, 0) is 10.1 Å². The number of aliphatic hydroxyl groups excluding tert-OH is 2. The minimum Gasteiger partial charge on any atom is -0.394 e. The maximum atomic E-state index is 12.6.